The Kier molecular flexibility index (Phi) is 6.32. The first-order valence-electron chi connectivity index (χ1n) is 11.8. The molecule has 1 aliphatic heterocycles. The maximum Gasteiger partial charge on any atom is 0.243 e. The summed E-state index contributed by atoms with van der Waals surface area (Å²) in [6.45, 7) is 3.41. The number of fused-ring (bicyclic) bond motifs is 1. The first kappa shape index (κ1) is 22.0. The van der Waals surface area contributed by atoms with Crippen molar-refractivity contribution < 1.29 is 8.42 Å². The number of aromatic nitrogens is 2. The zero-order valence-corrected chi connectivity index (χ0v) is 20.3. The van der Waals surface area contributed by atoms with Crippen molar-refractivity contribution in [2.75, 3.05) is 13.1 Å². The van der Waals surface area contributed by atoms with E-state index >= 15 is 0 Å². The van der Waals surface area contributed by atoms with E-state index in [2.05, 4.69) is 35.8 Å². The van der Waals surface area contributed by atoms with E-state index in [9.17, 15) is 8.42 Å². The maximum absolute atomic E-state index is 13.1. The summed E-state index contributed by atoms with van der Waals surface area (Å²) in [5, 5.41) is 1.00. The van der Waals surface area contributed by atoms with E-state index in [0.717, 1.165) is 54.0 Å². The van der Waals surface area contributed by atoms with Gasteiger partial charge in [0.2, 0.25) is 10.0 Å². The van der Waals surface area contributed by atoms with Crippen molar-refractivity contribution >= 4 is 32.8 Å². The molecule has 32 heavy (non-hydrogen) atoms. The second-order valence-corrected chi connectivity index (χ2v) is 11.8. The van der Waals surface area contributed by atoms with Gasteiger partial charge in [-0.3, -0.25) is 0 Å². The lowest BCUT2D eigenvalue weighted by Crippen LogP contribution is -2.27. The van der Waals surface area contributed by atoms with Crippen LogP contribution in [0.1, 0.15) is 62.6 Å². The summed E-state index contributed by atoms with van der Waals surface area (Å²) in [6.07, 6.45) is 7.75. The molecule has 0 atom stereocenters. The van der Waals surface area contributed by atoms with Gasteiger partial charge in [0.15, 0.2) is 5.16 Å². The average molecular weight is 470 g/mol. The molecule has 7 heteroatoms. The van der Waals surface area contributed by atoms with Crippen LogP contribution >= 0.6 is 11.8 Å². The standard InChI is InChI=1S/C25H31N3O2S2/c1-2-19-9-11-20(12-10-19)18-31-25-26-23-17-22(32(29,30)27-15-5-6-16-27)13-14-24(23)28(25)21-7-3-4-8-21/h9-14,17,21H,2-8,15-16,18H2,1H3. The van der Waals surface area contributed by atoms with Crippen molar-refractivity contribution in [3.05, 3.63) is 53.6 Å². The second-order valence-electron chi connectivity index (χ2n) is 8.92. The minimum atomic E-state index is -3.44. The van der Waals surface area contributed by atoms with Crippen LogP contribution in [0, 0.1) is 0 Å². The van der Waals surface area contributed by atoms with Gasteiger partial charge in [-0.15, -0.1) is 0 Å². The number of hydrogen-bond acceptors (Lipinski definition) is 4. The molecule has 5 nitrogen and oxygen atoms in total. The van der Waals surface area contributed by atoms with Gasteiger partial charge in [0.25, 0.3) is 0 Å². The average Bonchev–Trinajstić information content (AvgIpc) is 3.58. The first-order chi connectivity index (χ1) is 15.6. The van der Waals surface area contributed by atoms with Crippen molar-refractivity contribution in [1.82, 2.24) is 13.9 Å². The summed E-state index contributed by atoms with van der Waals surface area (Å²) in [5.41, 5.74) is 4.49. The normalized spacial score (nSPS) is 18.2. The number of thioether (sulfide) groups is 1. The molecule has 3 aromatic rings. The van der Waals surface area contributed by atoms with Gasteiger partial charge in [0.1, 0.15) is 0 Å². The summed E-state index contributed by atoms with van der Waals surface area (Å²) in [7, 11) is -3.44. The summed E-state index contributed by atoms with van der Waals surface area (Å²) < 4.78 is 30.1. The topological polar surface area (TPSA) is 55.2 Å². The van der Waals surface area contributed by atoms with E-state index < -0.39 is 10.0 Å². The van der Waals surface area contributed by atoms with E-state index in [4.69, 9.17) is 4.98 Å². The lowest BCUT2D eigenvalue weighted by atomic mass is 10.1. The number of hydrogen-bond donors (Lipinski definition) is 0. The Morgan fingerprint density at radius 3 is 2.34 bits per heavy atom. The number of rotatable bonds is 7. The molecule has 2 heterocycles. The third kappa shape index (κ3) is 4.22. The molecule has 1 saturated heterocycles. The van der Waals surface area contributed by atoms with Gasteiger partial charge in [0.05, 0.1) is 15.9 Å². The van der Waals surface area contributed by atoms with Crippen LogP contribution in [0.5, 0.6) is 0 Å². The minimum absolute atomic E-state index is 0.370. The molecule has 0 amide bonds. The molecule has 170 valence electrons. The largest absolute Gasteiger partial charge is 0.316 e. The van der Waals surface area contributed by atoms with E-state index in [1.807, 2.05) is 6.07 Å². The number of benzene rings is 2. The quantitative estimate of drug-likeness (QED) is 0.411. The van der Waals surface area contributed by atoms with Crippen molar-refractivity contribution in [3.63, 3.8) is 0 Å². The zero-order chi connectivity index (χ0) is 22.1. The lowest BCUT2D eigenvalue weighted by Gasteiger charge is -2.17. The smallest absolute Gasteiger partial charge is 0.243 e. The summed E-state index contributed by atoms with van der Waals surface area (Å²) in [6, 6.07) is 14.8. The van der Waals surface area contributed by atoms with Gasteiger partial charge in [0, 0.05) is 24.9 Å². The Balaban J connectivity index is 1.48. The molecular weight excluding hydrogens is 438 g/mol. The highest BCUT2D eigenvalue weighted by molar-refractivity contribution is 7.98. The van der Waals surface area contributed by atoms with Crippen LogP contribution in [0.25, 0.3) is 11.0 Å². The SMILES string of the molecule is CCc1ccc(CSc2nc3cc(S(=O)(=O)N4CCCC4)ccc3n2C2CCCC2)cc1. The highest BCUT2D eigenvalue weighted by Gasteiger charge is 2.29. The molecule has 0 radical (unpaired) electrons. The van der Waals surface area contributed by atoms with Crippen molar-refractivity contribution in [2.24, 2.45) is 0 Å². The van der Waals surface area contributed by atoms with Crippen LogP contribution in [-0.4, -0.2) is 35.4 Å². The molecule has 1 aromatic heterocycles. The first-order valence-corrected chi connectivity index (χ1v) is 14.2. The van der Waals surface area contributed by atoms with Crippen LogP contribution in [0.2, 0.25) is 0 Å². The maximum atomic E-state index is 13.1. The summed E-state index contributed by atoms with van der Waals surface area (Å²) in [5.74, 6) is 0.860. The highest BCUT2D eigenvalue weighted by Crippen LogP contribution is 2.38. The van der Waals surface area contributed by atoms with Crippen LogP contribution < -0.4 is 0 Å². The molecule has 0 unspecified atom stereocenters. The Hall–Kier alpha value is -1.83. The third-order valence-electron chi connectivity index (χ3n) is 6.82. The van der Waals surface area contributed by atoms with Crippen LogP contribution in [0.15, 0.2) is 52.5 Å². The number of aryl methyl sites for hydroxylation is 1. The van der Waals surface area contributed by atoms with Gasteiger partial charge >= 0.3 is 0 Å². The van der Waals surface area contributed by atoms with Crippen molar-refractivity contribution in [1.29, 1.82) is 0 Å². The molecule has 0 N–H and O–H groups in total. The molecule has 5 rings (SSSR count). The monoisotopic (exact) mass is 469 g/mol. The van der Waals surface area contributed by atoms with Gasteiger partial charge in [-0.2, -0.15) is 4.31 Å². The Bertz CT molecular complexity index is 1190. The fourth-order valence-electron chi connectivity index (χ4n) is 4.93. The second kappa shape index (κ2) is 9.20. The molecule has 2 fully saturated rings. The number of nitrogens with zero attached hydrogens (tertiary/aromatic N) is 3. The fourth-order valence-corrected chi connectivity index (χ4v) is 7.51. The van der Waals surface area contributed by atoms with E-state index in [0.29, 0.717) is 24.0 Å². The van der Waals surface area contributed by atoms with Gasteiger partial charge < -0.3 is 4.57 Å². The Labute approximate surface area is 195 Å². The fraction of sp³-hybridized carbons (Fsp3) is 0.480. The summed E-state index contributed by atoms with van der Waals surface area (Å²) in [4.78, 5) is 5.32. The molecule has 2 aromatic carbocycles. The third-order valence-corrected chi connectivity index (χ3v) is 9.74. The van der Waals surface area contributed by atoms with Gasteiger partial charge in [-0.25, -0.2) is 13.4 Å². The van der Waals surface area contributed by atoms with Gasteiger partial charge in [-0.1, -0.05) is 55.8 Å². The van der Waals surface area contributed by atoms with Crippen molar-refractivity contribution in [2.45, 2.75) is 73.7 Å². The lowest BCUT2D eigenvalue weighted by molar-refractivity contribution is 0.477. The highest BCUT2D eigenvalue weighted by atomic mass is 32.2. The Morgan fingerprint density at radius 1 is 0.969 bits per heavy atom. The number of sulfonamides is 1. The molecule has 0 bridgehead atoms. The van der Waals surface area contributed by atoms with Gasteiger partial charge in [-0.05, 0) is 61.4 Å². The predicted molar refractivity (Wildman–Crippen MR) is 131 cm³/mol. The van der Waals surface area contributed by atoms with Crippen LogP contribution in [-0.2, 0) is 22.2 Å². The van der Waals surface area contributed by atoms with E-state index in [1.165, 1.54) is 24.0 Å². The van der Waals surface area contributed by atoms with Crippen LogP contribution in [0.4, 0.5) is 0 Å². The zero-order valence-electron chi connectivity index (χ0n) is 18.7. The van der Waals surface area contributed by atoms with E-state index in [1.54, 1.807) is 28.2 Å². The molecule has 1 aliphatic carbocycles. The minimum Gasteiger partial charge on any atom is -0.316 e. The number of imidazole rings is 1. The van der Waals surface area contributed by atoms with Crippen LogP contribution in [0.3, 0.4) is 0 Å². The molecule has 1 saturated carbocycles. The molecule has 2 aliphatic rings. The molecule has 0 spiro atoms. The van der Waals surface area contributed by atoms with E-state index in [-0.39, 0.29) is 0 Å². The summed E-state index contributed by atoms with van der Waals surface area (Å²) >= 11 is 1.76. The predicted octanol–water partition coefficient (Wildman–Crippen LogP) is 5.79. The Morgan fingerprint density at radius 2 is 1.66 bits per heavy atom. The molecular formula is C25H31N3O2S2. The van der Waals surface area contributed by atoms with Crippen molar-refractivity contribution in [3.8, 4) is 0 Å².